The number of carboxylic acid groups (broad SMARTS) is 1. The molecule has 29 heteroatoms. The number of carboxylic acids is 1. The summed E-state index contributed by atoms with van der Waals surface area (Å²) in [5, 5.41) is 32.0. The molecule has 6 saturated heterocycles. The maximum Gasteiger partial charge on any atom is 0.410 e. The molecule has 0 unspecified atom stereocenters. The number of nitrogens with two attached hydrogens (primary N) is 1. The van der Waals surface area contributed by atoms with Gasteiger partial charge in [-0.05, 0) is 287 Å². The Morgan fingerprint density at radius 3 is 1.05 bits per heavy atom. The minimum absolute atomic E-state index is 0.00552. The topological polar surface area (TPSA) is 343 Å². The summed E-state index contributed by atoms with van der Waals surface area (Å²) in [7, 11) is 0. The number of fused-ring (bicyclic) bond motifs is 3. The van der Waals surface area contributed by atoms with E-state index < -0.39 is 17.2 Å². The fourth-order valence-corrected chi connectivity index (χ4v) is 17.3. The lowest BCUT2D eigenvalue weighted by molar-refractivity contribution is -0.142. The van der Waals surface area contributed by atoms with E-state index in [-0.39, 0.29) is 50.4 Å². The number of aliphatic carboxylic acids is 1. The van der Waals surface area contributed by atoms with Crippen molar-refractivity contribution < 1.29 is 52.8 Å². The van der Waals surface area contributed by atoms with Gasteiger partial charge in [0, 0.05) is 146 Å². The van der Waals surface area contributed by atoms with Crippen molar-refractivity contribution in [2.24, 2.45) is 23.5 Å². The van der Waals surface area contributed by atoms with E-state index in [1.54, 1.807) is 28.4 Å². The third-order valence-electron chi connectivity index (χ3n) is 24.8. The van der Waals surface area contributed by atoms with Crippen LogP contribution in [0.5, 0.6) is 0 Å². The average molecular weight is 1810 g/mol. The molecule has 0 aliphatic carbocycles. The van der Waals surface area contributed by atoms with Gasteiger partial charge in [-0.1, -0.05) is 92.1 Å². The standard InChI is InChI=1S/C36H50N6O4.C31H42N6O2.C25H30N4O3.C11H22N2O2/c1-36(2,3)46-35(44)42-20-13-27(14-21-42)23-39-34(43)26-45-25-28-8-10-29(11-9-28)32-22-33(30-24-37-16-12-31(30)40-32)38-15-7-19-41-17-5-4-6-18-41;38-31(35-20-24-9-13-32-14-10-24)23-39-22-25-5-7-26(8-6-25)29-19-30(27-21-33-15-11-28(27)36-29)34-12-4-18-37-16-2-1-3-17-37;30-25(31)18-32-17-19-5-7-20(8-6-19)23-15-24(21-16-26-11-9-22(21)28-23)27-10-4-14-29-12-2-1-3-13-29;1-11(2,3)15-10(14)13-6-4-9(8-12)5-7-13/h8-12,16,22,24,27H,4-7,13-15,17-21,23,25-26H2,1-3H3,(H,38,40)(H,39,43);5-8,11,15,19,21,24,32H,1-4,9-10,12-14,16-18,20,22-23H2,(H,34,36)(H,35,38);5-9,11,15-16H,1-4,10,12-14,17-18H2,(H,27,28)(H,30,31);9H,4-8,12H2,1-3H3. The number of amides is 4. The molecular weight excluding hydrogens is 1670 g/mol. The lowest BCUT2D eigenvalue weighted by atomic mass is 9.97. The van der Waals surface area contributed by atoms with Gasteiger partial charge in [0.2, 0.25) is 11.8 Å². The van der Waals surface area contributed by atoms with Gasteiger partial charge >= 0.3 is 18.2 Å². The monoisotopic (exact) mass is 1810 g/mol. The van der Waals surface area contributed by atoms with Crippen molar-refractivity contribution in [2.45, 2.75) is 188 Å². The Kier molecular flexibility index (Phi) is 40.1. The summed E-state index contributed by atoms with van der Waals surface area (Å²) in [4.78, 5) is 97.9. The molecule has 712 valence electrons. The van der Waals surface area contributed by atoms with Crippen molar-refractivity contribution in [1.82, 2.24) is 70.4 Å². The molecule has 0 atom stereocenters. The lowest BCUT2D eigenvalue weighted by Gasteiger charge is -2.33. The number of anilines is 3. The largest absolute Gasteiger partial charge is 0.480 e. The van der Waals surface area contributed by atoms with Crippen LogP contribution in [-0.4, -0.2) is 258 Å². The highest BCUT2D eigenvalue weighted by atomic mass is 16.6. The third kappa shape index (κ3) is 34.1. The predicted molar refractivity (Wildman–Crippen MR) is 523 cm³/mol. The van der Waals surface area contributed by atoms with Crippen molar-refractivity contribution >= 4 is 79.7 Å². The zero-order chi connectivity index (χ0) is 92.7. The molecule has 0 bridgehead atoms. The highest BCUT2D eigenvalue weighted by Gasteiger charge is 2.30. The zero-order valence-electron chi connectivity index (χ0n) is 78.9. The van der Waals surface area contributed by atoms with Gasteiger partial charge in [0.25, 0.3) is 0 Å². The van der Waals surface area contributed by atoms with Crippen LogP contribution >= 0.6 is 0 Å². The first-order valence-corrected chi connectivity index (χ1v) is 48.3. The van der Waals surface area contributed by atoms with Crippen LogP contribution in [0.1, 0.15) is 174 Å². The smallest absolute Gasteiger partial charge is 0.410 e. The first-order valence-electron chi connectivity index (χ1n) is 48.3. The molecule has 6 aliphatic heterocycles. The molecule has 0 radical (unpaired) electrons. The van der Waals surface area contributed by atoms with Crippen molar-refractivity contribution in [1.29, 1.82) is 0 Å². The number of benzene rings is 3. The van der Waals surface area contributed by atoms with E-state index in [1.807, 2.05) is 127 Å². The van der Waals surface area contributed by atoms with E-state index in [0.29, 0.717) is 50.6 Å². The van der Waals surface area contributed by atoms with Crippen LogP contribution in [0.15, 0.2) is 146 Å². The highest BCUT2D eigenvalue weighted by Crippen LogP contribution is 2.33. The van der Waals surface area contributed by atoms with E-state index in [1.165, 1.54) is 97.1 Å². The molecule has 9 aromatic rings. The fraction of sp³-hybridized carbons (Fsp3) is 0.544. The summed E-state index contributed by atoms with van der Waals surface area (Å²) in [5.74, 6) is 0.340. The first-order chi connectivity index (χ1) is 64.1. The van der Waals surface area contributed by atoms with Gasteiger partial charge in [0.05, 0.1) is 53.5 Å². The summed E-state index contributed by atoms with van der Waals surface area (Å²) in [6.45, 7) is 32.6. The second-order valence-electron chi connectivity index (χ2n) is 37.7. The first kappa shape index (κ1) is 100. The maximum atomic E-state index is 12.4. The Hall–Kier alpha value is -10.6. The molecule has 29 nitrogen and oxygen atoms in total. The second kappa shape index (κ2) is 52.7. The van der Waals surface area contributed by atoms with E-state index >= 15 is 0 Å². The van der Waals surface area contributed by atoms with E-state index in [2.05, 4.69) is 104 Å². The van der Waals surface area contributed by atoms with E-state index in [0.717, 1.165) is 237 Å². The molecular formula is C103H144N18O11. The highest BCUT2D eigenvalue weighted by molar-refractivity contribution is 5.95. The van der Waals surface area contributed by atoms with Crippen molar-refractivity contribution in [3.63, 3.8) is 0 Å². The minimum Gasteiger partial charge on any atom is -0.480 e. The summed E-state index contributed by atoms with van der Waals surface area (Å²) in [6, 6.07) is 36.5. The molecule has 15 rings (SSSR count). The number of hydrogen-bond acceptors (Lipinski definition) is 24. The van der Waals surface area contributed by atoms with Crippen molar-refractivity contribution in [3.8, 4) is 33.8 Å². The number of aromatic nitrogens is 6. The number of carbonyl (C=O) groups excluding carboxylic acids is 4. The molecule has 4 amide bonds. The van der Waals surface area contributed by atoms with Crippen LogP contribution in [0, 0.1) is 17.8 Å². The fourth-order valence-electron chi connectivity index (χ4n) is 17.3. The Labute approximate surface area is 780 Å². The Morgan fingerprint density at radius 1 is 0.417 bits per heavy atom. The van der Waals surface area contributed by atoms with E-state index in [4.69, 9.17) is 49.5 Å². The van der Waals surface area contributed by atoms with Gasteiger partial charge in [-0.2, -0.15) is 0 Å². The lowest BCUT2D eigenvalue weighted by Crippen LogP contribution is -2.44. The van der Waals surface area contributed by atoms with Crippen molar-refractivity contribution in [3.05, 3.63) is 163 Å². The third-order valence-corrected chi connectivity index (χ3v) is 24.8. The van der Waals surface area contributed by atoms with Gasteiger partial charge in [-0.15, -0.1) is 0 Å². The SMILES string of the molecule is CC(C)(C)OC(=O)N1CCC(CN)CC1.CC(C)(C)OC(=O)N1CCC(CNC(=O)COCc2ccc(-c3cc(NCCCN4CCCCC4)c4cnccc4n3)cc2)CC1.O=C(COCc1ccc(-c2cc(NCCCN3CCCCC3)c3cnccc3n2)cc1)NCC1CCNCC1.O=C(O)COCc1ccc(-c2cc(NCCCN3CCCCC3)c3cnccc3n2)cc1. The van der Waals surface area contributed by atoms with E-state index in [9.17, 15) is 24.0 Å². The number of piperidine rings is 6. The molecule has 12 heterocycles. The Bertz CT molecular complexity index is 5020. The van der Waals surface area contributed by atoms with Gasteiger partial charge in [-0.3, -0.25) is 24.5 Å². The molecule has 132 heavy (non-hydrogen) atoms. The average Bonchev–Trinajstić information content (AvgIpc) is 0.802. The summed E-state index contributed by atoms with van der Waals surface area (Å²) >= 11 is 0. The Balaban J connectivity index is 0.000000167. The van der Waals surface area contributed by atoms with Crippen LogP contribution in [0.2, 0.25) is 0 Å². The number of carbonyl (C=O) groups is 5. The maximum absolute atomic E-state index is 12.4. The summed E-state index contributed by atoms with van der Waals surface area (Å²) in [5.41, 5.74) is 19.4. The number of likely N-dealkylation sites (tertiary alicyclic amines) is 5. The van der Waals surface area contributed by atoms with Crippen LogP contribution < -0.4 is 37.6 Å². The van der Waals surface area contributed by atoms with Gasteiger partial charge in [-0.25, -0.2) is 29.3 Å². The quantitative estimate of drug-likeness (QED) is 0.0171. The number of ether oxygens (including phenoxy) is 5. The Morgan fingerprint density at radius 2 is 0.735 bits per heavy atom. The number of pyridine rings is 6. The van der Waals surface area contributed by atoms with Crippen LogP contribution in [0.3, 0.4) is 0 Å². The van der Waals surface area contributed by atoms with Crippen LogP contribution in [-0.2, 0) is 57.9 Å². The van der Waals surface area contributed by atoms with Gasteiger partial charge < -0.3 is 90.9 Å². The predicted octanol–water partition coefficient (Wildman–Crippen LogP) is 15.9. The number of rotatable bonds is 35. The number of hydrogen-bond donors (Lipinski definition) is 8. The zero-order valence-corrected chi connectivity index (χ0v) is 78.9. The second-order valence-corrected chi connectivity index (χ2v) is 37.7. The molecule has 6 aliphatic rings. The van der Waals surface area contributed by atoms with Gasteiger partial charge in [0.1, 0.15) is 31.0 Å². The normalized spacial score (nSPS) is 16.4. The summed E-state index contributed by atoms with van der Waals surface area (Å²) < 4.78 is 27.3. The number of nitrogens with one attached hydrogen (secondary N) is 6. The molecule has 3 aromatic carbocycles. The molecule has 6 aromatic heterocycles. The van der Waals surface area contributed by atoms with Crippen LogP contribution in [0.4, 0.5) is 26.7 Å². The summed E-state index contributed by atoms with van der Waals surface area (Å²) in [6.07, 6.45) is 31.8. The van der Waals surface area contributed by atoms with Crippen LogP contribution in [0.25, 0.3) is 66.5 Å². The van der Waals surface area contributed by atoms with Crippen molar-refractivity contribution in [2.75, 3.05) is 173 Å². The molecule has 9 N–H and O–H groups in total. The molecule has 0 spiro atoms. The molecule has 0 saturated carbocycles. The minimum atomic E-state index is -0.965. The van der Waals surface area contributed by atoms with Gasteiger partial charge in [0.15, 0.2) is 0 Å². The molecule has 6 fully saturated rings. The number of nitrogens with zero attached hydrogens (tertiary/aromatic N) is 11.